The van der Waals surface area contributed by atoms with Gasteiger partial charge >= 0.3 is 0 Å². The van der Waals surface area contributed by atoms with Crippen LogP contribution in [0.4, 0.5) is 4.39 Å². The molecular weight excluding hydrogens is 274 g/mol. The van der Waals surface area contributed by atoms with Crippen molar-refractivity contribution < 1.29 is 9.18 Å². The predicted molar refractivity (Wildman–Crippen MR) is 71.0 cm³/mol. The Hall–Kier alpha value is -1.38. The summed E-state index contributed by atoms with van der Waals surface area (Å²) in [5.74, 6) is -0.611. The van der Waals surface area contributed by atoms with Gasteiger partial charge in [0.25, 0.3) is 0 Å². The maximum absolute atomic E-state index is 13.0. The Bertz CT molecular complexity index is 570. The van der Waals surface area contributed by atoms with Gasteiger partial charge in [-0.05, 0) is 48.9 Å². The van der Waals surface area contributed by atoms with Crippen LogP contribution >= 0.6 is 23.2 Å². The van der Waals surface area contributed by atoms with E-state index in [0.29, 0.717) is 21.7 Å². The molecule has 0 fully saturated rings. The Morgan fingerprint density at radius 3 is 2.33 bits per heavy atom. The topological polar surface area (TPSA) is 17.1 Å². The second-order valence-corrected chi connectivity index (χ2v) is 4.76. The molecule has 0 radical (unpaired) electrons. The van der Waals surface area contributed by atoms with Crippen LogP contribution in [0.3, 0.4) is 0 Å². The quantitative estimate of drug-likeness (QED) is 0.732. The van der Waals surface area contributed by atoms with Crippen LogP contribution in [0.15, 0.2) is 36.4 Å². The zero-order valence-electron chi connectivity index (χ0n) is 9.51. The summed E-state index contributed by atoms with van der Waals surface area (Å²) in [5.41, 5.74) is 1.36. The van der Waals surface area contributed by atoms with E-state index in [-0.39, 0.29) is 16.6 Å². The van der Waals surface area contributed by atoms with Gasteiger partial charge in [0.2, 0.25) is 0 Å². The highest BCUT2D eigenvalue weighted by atomic mass is 35.5. The van der Waals surface area contributed by atoms with Gasteiger partial charge in [0.1, 0.15) is 5.82 Å². The molecule has 0 aliphatic heterocycles. The molecule has 0 aliphatic carbocycles. The van der Waals surface area contributed by atoms with Crippen molar-refractivity contribution in [2.24, 2.45) is 0 Å². The van der Waals surface area contributed by atoms with Gasteiger partial charge in [0.15, 0.2) is 5.78 Å². The summed E-state index contributed by atoms with van der Waals surface area (Å²) in [6.45, 7) is 1.68. The van der Waals surface area contributed by atoms with Gasteiger partial charge in [0.05, 0.1) is 5.02 Å². The van der Waals surface area contributed by atoms with Gasteiger partial charge in [-0.1, -0.05) is 23.2 Å². The van der Waals surface area contributed by atoms with Gasteiger partial charge in [-0.2, -0.15) is 0 Å². The summed E-state index contributed by atoms with van der Waals surface area (Å²) >= 11 is 11.8. The van der Waals surface area contributed by atoms with Crippen LogP contribution in [-0.4, -0.2) is 5.78 Å². The molecule has 0 heterocycles. The van der Waals surface area contributed by atoms with Crippen molar-refractivity contribution in [1.29, 1.82) is 0 Å². The number of carbonyl (C=O) groups excluding carboxylic acids is 1. The van der Waals surface area contributed by atoms with Crippen molar-refractivity contribution in [3.05, 3.63) is 69.0 Å². The summed E-state index contributed by atoms with van der Waals surface area (Å²) in [4.78, 5) is 12.3. The molecule has 0 spiro atoms. The SMILES string of the molecule is Cc1cc(F)ccc1C(=O)c1ccc(Cl)cc1Cl. The van der Waals surface area contributed by atoms with Crippen LogP contribution in [0.1, 0.15) is 21.5 Å². The number of benzene rings is 2. The van der Waals surface area contributed by atoms with Crippen molar-refractivity contribution in [3.8, 4) is 0 Å². The minimum Gasteiger partial charge on any atom is -0.289 e. The van der Waals surface area contributed by atoms with E-state index < -0.39 is 0 Å². The molecular formula is C14H9Cl2FO. The normalized spacial score (nSPS) is 10.4. The van der Waals surface area contributed by atoms with Crippen LogP contribution < -0.4 is 0 Å². The number of ketones is 1. The van der Waals surface area contributed by atoms with Crippen LogP contribution in [-0.2, 0) is 0 Å². The van der Waals surface area contributed by atoms with E-state index >= 15 is 0 Å². The number of hydrogen-bond donors (Lipinski definition) is 0. The lowest BCUT2D eigenvalue weighted by molar-refractivity contribution is 0.103. The van der Waals surface area contributed by atoms with Crippen molar-refractivity contribution in [2.45, 2.75) is 6.92 Å². The fourth-order valence-corrected chi connectivity index (χ4v) is 2.19. The number of rotatable bonds is 2. The van der Waals surface area contributed by atoms with Crippen LogP contribution in [0.2, 0.25) is 10.0 Å². The molecule has 0 unspecified atom stereocenters. The molecule has 0 atom stereocenters. The van der Waals surface area contributed by atoms with Gasteiger partial charge in [-0.15, -0.1) is 0 Å². The molecule has 0 amide bonds. The third-order valence-electron chi connectivity index (χ3n) is 2.61. The van der Waals surface area contributed by atoms with Crippen LogP contribution in [0.25, 0.3) is 0 Å². The summed E-state index contributed by atoms with van der Waals surface area (Å²) in [6, 6.07) is 8.70. The van der Waals surface area contributed by atoms with Gasteiger partial charge in [-0.25, -0.2) is 4.39 Å². The Kier molecular flexibility index (Phi) is 3.69. The van der Waals surface area contributed by atoms with E-state index in [1.807, 2.05) is 0 Å². The zero-order valence-corrected chi connectivity index (χ0v) is 11.0. The Morgan fingerprint density at radius 1 is 1.06 bits per heavy atom. The minimum atomic E-state index is -0.369. The van der Waals surface area contributed by atoms with Crippen molar-refractivity contribution in [2.75, 3.05) is 0 Å². The molecule has 0 bridgehead atoms. The molecule has 92 valence electrons. The minimum absolute atomic E-state index is 0.242. The summed E-state index contributed by atoms with van der Waals surface area (Å²) in [7, 11) is 0. The first-order chi connectivity index (χ1) is 8.49. The molecule has 1 nitrogen and oxygen atoms in total. The fraction of sp³-hybridized carbons (Fsp3) is 0.0714. The average Bonchev–Trinajstić information content (AvgIpc) is 2.28. The number of halogens is 3. The third-order valence-corrected chi connectivity index (χ3v) is 3.16. The monoisotopic (exact) mass is 282 g/mol. The van der Waals surface area contributed by atoms with Gasteiger partial charge in [0, 0.05) is 16.1 Å². The van der Waals surface area contributed by atoms with E-state index in [9.17, 15) is 9.18 Å². The number of carbonyl (C=O) groups is 1. The van der Waals surface area contributed by atoms with E-state index in [1.165, 1.54) is 24.3 Å². The van der Waals surface area contributed by atoms with Gasteiger partial charge in [-0.3, -0.25) is 4.79 Å². The second kappa shape index (κ2) is 5.09. The van der Waals surface area contributed by atoms with E-state index in [4.69, 9.17) is 23.2 Å². The zero-order chi connectivity index (χ0) is 13.3. The molecule has 2 aromatic carbocycles. The lowest BCUT2D eigenvalue weighted by Gasteiger charge is -2.07. The second-order valence-electron chi connectivity index (χ2n) is 3.91. The Morgan fingerprint density at radius 2 is 1.72 bits per heavy atom. The summed E-state index contributed by atoms with van der Waals surface area (Å²) in [5, 5.41) is 0.753. The standard InChI is InChI=1S/C14H9Cl2FO/c1-8-6-10(17)3-5-11(8)14(18)12-4-2-9(15)7-13(12)16/h2-7H,1H3. The third kappa shape index (κ3) is 2.55. The first-order valence-corrected chi connectivity index (χ1v) is 6.00. The summed E-state index contributed by atoms with van der Waals surface area (Å²) in [6.07, 6.45) is 0. The highest BCUT2D eigenvalue weighted by Gasteiger charge is 2.15. The first-order valence-electron chi connectivity index (χ1n) is 5.25. The maximum atomic E-state index is 13.0. The Labute approximate surface area is 114 Å². The lowest BCUT2D eigenvalue weighted by atomic mass is 9.99. The average molecular weight is 283 g/mol. The summed E-state index contributed by atoms with van der Waals surface area (Å²) < 4.78 is 13.0. The van der Waals surface area contributed by atoms with E-state index in [1.54, 1.807) is 19.1 Å². The van der Waals surface area contributed by atoms with E-state index in [2.05, 4.69) is 0 Å². The molecule has 0 saturated heterocycles. The highest BCUT2D eigenvalue weighted by molar-refractivity contribution is 6.37. The Balaban J connectivity index is 2.48. The molecule has 0 N–H and O–H groups in total. The fourth-order valence-electron chi connectivity index (χ4n) is 1.70. The van der Waals surface area contributed by atoms with Crippen molar-refractivity contribution in [3.63, 3.8) is 0 Å². The molecule has 0 aliphatic rings. The molecule has 18 heavy (non-hydrogen) atoms. The molecule has 0 aromatic heterocycles. The maximum Gasteiger partial charge on any atom is 0.194 e. The number of aryl methyl sites for hydroxylation is 1. The first kappa shape index (κ1) is 13.1. The predicted octanol–water partition coefficient (Wildman–Crippen LogP) is 4.67. The van der Waals surface area contributed by atoms with Crippen LogP contribution in [0.5, 0.6) is 0 Å². The van der Waals surface area contributed by atoms with Crippen molar-refractivity contribution in [1.82, 2.24) is 0 Å². The largest absolute Gasteiger partial charge is 0.289 e. The smallest absolute Gasteiger partial charge is 0.194 e. The van der Waals surface area contributed by atoms with Gasteiger partial charge < -0.3 is 0 Å². The molecule has 2 aromatic rings. The highest BCUT2D eigenvalue weighted by Crippen LogP contribution is 2.24. The van der Waals surface area contributed by atoms with Crippen LogP contribution in [0, 0.1) is 12.7 Å². The molecule has 2 rings (SSSR count). The van der Waals surface area contributed by atoms with Crippen molar-refractivity contribution >= 4 is 29.0 Å². The van der Waals surface area contributed by atoms with E-state index in [0.717, 1.165) is 0 Å². The molecule has 0 saturated carbocycles. The number of hydrogen-bond acceptors (Lipinski definition) is 1. The molecule has 4 heteroatoms. The lowest BCUT2D eigenvalue weighted by Crippen LogP contribution is -2.04.